The molecular weight excluding hydrogens is 609 g/mol. The van der Waals surface area contributed by atoms with Gasteiger partial charge in [-0.15, -0.1) is 0 Å². The quantitative estimate of drug-likeness (QED) is 0.132. The zero-order valence-electron chi connectivity index (χ0n) is 31.6. The molecule has 0 radical (unpaired) electrons. The fraction of sp³-hybridized carbons (Fsp3) is 0.348. The summed E-state index contributed by atoms with van der Waals surface area (Å²) in [7, 11) is 0. The van der Waals surface area contributed by atoms with E-state index in [2.05, 4.69) is 151 Å². The topological polar surface area (TPSA) is 48.8 Å². The van der Waals surface area contributed by atoms with Gasteiger partial charge in [-0.3, -0.25) is 0 Å². The number of aliphatic imine (C=N–C) groups is 2. The summed E-state index contributed by atoms with van der Waals surface area (Å²) in [5, 5.41) is 7.89. The standard InChI is InChI=1S/C46H56N4/c1-9-31-21-17-22-32(10-2)43(31)47-39-29-41(49-45-35(13-5)25-19-26-36(45)14-6)42(50-46-37(15-7)27-20-28-38(46)16-8)30-40(39)48-44-33(11-3)23-18-24-34(44)12-4/h17-30,47,50H,9-16H2,1-8H3. The van der Waals surface area contributed by atoms with Crippen molar-refractivity contribution in [3.05, 3.63) is 141 Å². The highest BCUT2D eigenvalue weighted by molar-refractivity contribution is 6.26. The molecule has 4 aromatic carbocycles. The molecule has 4 heteroatoms. The Labute approximate surface area is 301 Å². The Morgan fingerprint density at radius 1 is 0.360 bits per heavy atom. The van der Waals surface area contributed by atoms with Crippen molar-refractivity contribution in [2.75, 3.05) is 10.6 Å². The molecular formula is C46H56N4. The minimum absolute atomic E-state index is 0.904. The van der Waals surface area contributed by atoms with Crippen LogP contribution in [0.4, 0.5) is 22.7 Å². The molecule has 0 saturated carbocycles. The van der Waals surface area contributed by atoms with Crippen LogP contribution in [0.25, 0.3) is 0 Å². The van der Waals surface area contributed by atoms with Crippen molar-refractivity contribution in [2.24, 2.45) is 9.98 Å². The molecule has 50 heavy (non-hydrogen) atoms. The number of hydrogen-bond acceptors (Lipinski definition) is 4. The third-order valence-corrected chi connectivity index (χ3v) is 10.0. The van der Waals surface area contributed by atoms with Crippen LogP contribution in [-0.2, 0) is 51.4 Å². The number of benzene rings is 4. The van der Waals surface area contributed by atoms with E-state index in [0.717, 1.165) is 85.6 Å². The van der Waals surface area contributed by atoms with E-state index in [-0.39, 0.29) is 0 Å². The van der Waals surface area contributed by atoms with Gasteiger partial charge in [0.2, 0.25) is 0 Å². The molecule has 2 N–H and O–H groups in total. The van der Waals surface area contributed by atoms with Gasteiger partial charge < -0.3 is 10.6 Å². The number of hydrogen-bond donors (Lipinski definition) is 2. The number of anilines is 2. The van der Waals surface area contributed by atoms with Crippen LogP contribution in [0.1, 0.15) is 99.9 Å². The third kappa shape index (κ3) is 7.86. The third-order valence-electron chi connectivity index (χ3n) is 10.0. The van der Waals surface area contributed by atoms with E-state index >= 15 is 0 Å². The molecule has 4 aromatic rings. The number of rotatable bonds is 14. The summed E-state index contributed by atoms with van der Waals surface area (Å²) in [6.45, 7) is 17.8. The van der Waals surface area contributed by atoms with Crippen LogP contribution in [-0.4, -0.2) is 11.4 Å². The molecule has 5 rings (SSSR count). The largest absolute Gasteiger partial charge is 0.353 e. The first-order valence-electron chi connectivity index (χ1n) is 19.0. The molecule has 0 fully saturated rings. The minimum Gasteiger partial charge on any atom is -0.353 e. The van der Waals surface area contributed by atoms with Gasteiger partial charge in [-0.2, -0.15) is 0 Å². The van der Waals surface area contributed by atoms with Gasteiger partial charge >= 0.3 is 0 Å². The van der Waals surface area contributed by atoms with Crippen molar-refractivity contribution in [3.63, 3.8) is 0 Å². The zero-order chi connectivity index (χ0) is 35.6. The smallest absolute Gasteiger partial charge is 0.0894 e. The van der Waals surface area contributed by atoms with Gasteiger partial charge in [-0.1, -0.05) is 128 Å². The van der Waals surface area contributed by atoms with Crippen LogP contribution < -0.4 is 10.6 Å². The van der Waals surface area contributed by atoms with Gasteiger partial charge in [0, 0.05) is 11.4 Å². The van der Waals surface area contributed by atoms with Crippen molar-refractivity contribution in [3.8, 4) is 0 Å². The summed E-state index contributed by atoms with van der Waals surface area (Å²) < 4.78 is 0. The predicted octanol–water partition coefficient (Wildman–Crippen LogP) is 12.0. The molecule has 0 heterocycles. The van der Waals surface area contributed by atoms with Gasteiger partial charge in [0.1, 0.15) is 0 Å². The molecule has 1 aliphatic rings. The van der Waals surface area contributed by atoms with E-state index in [1.807, 2.05) is 0 Å². The van der Waals surface area contributed by atoms with Crippen LogP contribution >= 0.6 is 0 Å². The second-order valence-electron chi connectivity index (χ2n) is 12.9. The van der Waals surface area contributed by atoms with Crippen molar-refractivity contribution in [1.82, 2.24) is 0 Å². The van der Waals surface area contributed by atoms with E-state index in [1.165, 1.54) is 55.9 Å². The molecule has 0 aromatic heterocycles. The van der Waals surface area contributed by atoms with E-state index in [1.54, 1.807) is 0 Å². The fourth-order valence-corrected chi connectivity index (χ4v) is 7.00. The Morgan fingerprint density at radius 3 is 0.840 bits per heavy atom. The molecule has 0 saturated heterocycles. The van der Waals surface area contributed by atoms with Crippen molar-refractivity contribution >= 4 is 34.2 Å². The summed E-state index contributed by atoms with van der Waals surface area (Å²) in [6, 6.07) is 26.5. The minimum atomic E-state index is 0.904. The van der Waals surface area contributed by atoms with Gasteiger partial charge in [0.15, 0.2) is 0 Å². The van der Waals surface area contributed by atoms with Crippen molar-refractivity contribution in [2.45, 2.75) is 107 Å². The Bertz CT molecular complexity index is 1710. The molecule has 0 bridgehead atoms. The SMILES string of the molecule is CCc1cccc(CC)c1N=C1C=C(Nc2c(CC)cccc2CC)C(=Nc2c(CC)cccc2CC)C=C1Nc1c(CC)cccc1CC. The van der Waals surface area contributed by atoms with Crippen LogP contribution in [0.2, 0.25) is 0 Å². The number of nitrogens with one attached hydrogen (secondary N) is 2. The molecule has 0 atom stereocenters. The summed E-state index contributed by atoms with van der Waals surface area (Å²) >= 11 is 0. The molecule has 0 amide bonds. The highest BCUT2D eigenvalue weighted by Gasteiger charge is 2.23. The van der Waals surface area contributed by atoms with E-state index < -0.39 is 0 Å². The Kier molecular flexibility index (Phi) is 12.7. The average Bonchev–Trinajstić information content (AvgIpc) is 3.16. The normalized spacial score (nSPS) is 14.6. The van der Waals surface area contributed by atoms with Gasteiger partial charge in [-0.05, 0) is 108 Å². The maximum Gasteiger partial charge on any atom is 0.0894 e. The maximum atomic E-state index is 5.55. The monoisotopic (exact) mass is 664 g/mol. The molecule has 260 valence electrons. The van der Waals surface area contributed by atoms with Crippen molar-refractivity contribution in [1.29, 1.82) is 0 Å². The first-order valence-corrected chi connectivity index (χ1v) is 19.0. The van der Waals surface area contributed by atoms with E-state index in [0.29, 0.717) is 0 Å². The lowest BCUT2D eigenvalue weighted by Crippen LogP contribution is -2.24. The second-order valence-corrected chi connectivity index (χ2v) is 12.9. The Morgan fingerprint density at radius 2 is 0.600 bits per heavy atom. The second kappa shape index (κ2) is 17.3. The highest BCUT2D eigenvalue weighted by Crippen LogP contribution is 2.34. The first-order chi connectivity index (χ1) is 24.4. The van der Waals surface area contributed by atoms with Crippen LogP contribution in [0.15, 0.2) is 106 Å². The molecule has 0 aliphatic heterocycles. The number of para-hydroxylation sites is 4. The lowest BCUT2D eigenvalue weighted by molar-refractivity contribution is 1.07. The first kappa shape index (κ1) is 36.6. The van der Waals surface area contributed by atoms with E-state index in [9.17, 15) is 0 Å². The van der Waals surface area contributed by atoms with Crippen molar-refractivity contribution < 1.29 is 0 Å². The van der Waals surface area contributed by atoms with Crippen LogP contribution in [0.5, 0.6) is 0 Å². The number of nitrogens with zero attached hydrogens (tertiary/aromatic N) is 2. The summed E-state index contributed by atoms with van der Waals surface area (Å²) in [4.78, 5) is 11.1. The number of aryl methyl sites for hydroxylation is 8. The maximum absolute atomic E-state index is 5.55. The van der Waals surface area contributed by atoms with E-state index in [4.69, 9.17) is 9.98 Å². The fourth-order valence-electron chi connectivity index (χ4n) is 7.00. The van der Waals surface area contributed by atoms with Gasteiger partial charge in [0.05, 0.1) is 34.2 Å². The Hall–Kier alpha value is -4.70. The summed E-state index contributed by atoms with van der Waals surface area (Å²) in [5.41, 5.74) is 18.5. The van der Waals surface area contributed by atoms with Crippen LogP contribution in [0, 0.1) is 0 Å². The van der Waals surface area contributed by atoms with Gasteiger partial charge in [-0.25, -0.2) is 9.98 Å². The van der Waals surface area contributed by atoms with Gasteiger partial charge in [0.25, 0.3) is 0 Å². The summed E-state index contributed by atoms with van der Waals surface area (Å²) in [5.74, 6) is 0. The lowest BCUT2D eigenvalue weighted by atomic mass is 9.97. The lowest BCUT2D eigenvalue weighted by Gasteiger charge is -2.25. The predicted molar refractivity (Wildman–Crippen MR) is 218 cm³/mol. The average molecular weight is 665 g/mol. The van der Waals surface area contributed by atoms with Crippen LogP contribution in [0.3, 0.4) is 0 Å². The molecule has 1 aliphatic carbocycles. The molecule has 4 nitrogen and oxygen atoms in total. The number of allylic oxidation sites excluding steroid dienone is 2. The Balaban J connectivity index is 1.83. The molecule has 0 spiro atoms. The zero-order valence-corrected chi connectivity index (χ0v) is 31.6. The summed E-state index contributed by atoms with van der Waals surface area (Å²) in [6.07, 6.45) is 11.9. The highest BCUT2D eigenvalue weighted by atomic mass is 15.0. The molecule has 0 unspecified atom stereocenters.